The lowest BCUT2D eigenvalue weighted by Gasteiger charge is -2.33. The molecular weight excluding hydrogens is 704 g/mol. The topological polar surface area (TPSA) is 128 Å². The van der Waals surface area contributed by atoms with Crippen molar-refractivity contribution >= 4 is 17.6 Å². The van der Waals surface area contributed by atoms with Crippen molar-refractivity contribution in [3.05, 3.63) is 105 Å². The molecule has 2 atom stereocenters. The first-order chi connectivity index (χ1) is 26.0. The van der Waals surface area contributed by atoms with Crippen LogP contribution in [0.25, 0.3) is 11.1 Å². The number of likely N-dealkylation sites (tertiary alicyclic amines) is 1. The number of nitriles is 1. The molecule has 0 bridgehead atoms. The van der Waals surface area contributed by atoms with Gasteiger partial charge in [-0.3, -0.25) is 14.7 Å². The number of aliphatic carboxylic acids is 1. The minimum atomic E-state index is -0.837. The summed E-state index contributed by atoms with van der Waals surface area (Å²) in [7, 11) is 0. The molecule has 2 N–H and O–H groups in total. The molecule has 54 heavy (non-hydrogen) atoms. The standard InChI is InChI=1S/C43H51ClN4O6/c1-28(2)31(5)48(51)17-10-18-52-40-15-9-13-37(30(40)4)36-12-8-11-34(29(36)3)27-54-42-21-41(53-26-33-19-32(22-45)23-46-24-33)35(20-38(42)44)25-47-16-7-6-14-39(47)43(49)50/h8-9,11-13,15,19-21,23-24,28,31,39,51H,6-7,10,14,16-18,25-27H2,1-5H3,(H,49,50)/t31-,39+/m1/s1. The number of rotatable bonds is 17. The van der Waals surface area contributed by atoms with Gasteiger partial charge in [-0.1, -0.05) is 62.2 Å². The van der Waals surface area contributed by atoms with Crippen LogP contribution in [0.1, 0.15) is 79.8 Å². The van der Waals surface area contributed by atoms with Gasteiger partial charge in [0.25, 0.3) is 0 Å². The summed E-state index contributed by atoms with van der Waals surface area (Å²) >= 11 is 6.85. The van der Waals surface area contributed by atoms with E-state index in [1.54, 1.807) is 24.4 Å². The van der Waals surface area contributed by atoms with Gasteiger partial charge in [0, 0.05) is 48.7 Å². The van der Waals surface area contributed by atoms with Gasteiger partial charge >= 0.3 is 5.97 Å². The smallest absolute Gasteiger partial charge is 0.320 e. The number of nitrogens with zero attached hydrogens (tertiary/aromatic N) is 4. The third-order valence-corrected chi connectivity index (χ3v) is 10.6. The van der Waals surface area contributed by atoms with E-state index < -0.39 is 12.0 Å². The predicted molar refractivity (Wildman–Crippen MR) is 209 cm³/mol. The second-order valence-electron chi connectivity index (χ2n) is 14.3. The second kappa shape index (κ2) is 19.1. The normalized spacial score (nSPS) is 15.2. The van der Waals surface area contributed by atoms with Crippen molar-refractivity contribution in [2.75, 3.05) is 19.7 Å². The highest BCUT2D eigenvalue weighted by molar-refractivity contribution is 6.32. The van der Waals surface area contributed by atoms with Gasteiger partial charge in [0.2, 0.25) is 0 Å². The summed E-state index contributed by atoms with van der Waals surface area (Å²) in [5.74, 6) is 1.29. The van der Waals surface area contributed by atoms with Crippen LogP contribution in [0.15, 0.2) is 67.0 Å². The number of piperidine rings is 1. The fourth-order valence-corrected chi connectivity index (χ4v) is 6.96. The highest BCUT2D eigenvalue weighted by Gasteiger charge is 2.29. The Bertz CT molecular complexity index is 1950. The monoisotopic (exact) mass is 754 g/mol. The maximum absolute atomic E-state index is 12.1. The molecule has 2 heterocycles. The number of carbonyl (C=O) groups is 1. The van der Waals surface area contributed by atoms with E-state index in [0.717, 1.165) is 57.5 Å². The van der Waals surface area contributed by atoms with Gasteiger partial charge < -0.3 is 24.5 Å². The molecule has 0 saturated carbocycles. The maximum atomic E-state index is 12.1. The molecule has 0 amide bonds. The molecule has 1 aromatic heterocycles. The fraction of sp³-hybridized carbons (Fsp3) is 0.419. The number of pyridine rings is 1. The maximum Gasteiger partial charge on any atom is 0.320 e. The van der Waals surface area contributed by atoms with Crippen molar-refractivity contribution in [1.29, 1.82) is 5.26 Å². The van der Waals surface area contributed by atoms with Crippen LogP contribution in [0.5, 0.6) is 17.2 Å². The largest absolute Gasteiger partial charge is 0.493 e. The van der Waals surface area contributed by atoms with Crippen molar-refractivity contribution in [2.24, 2.45) is 5.92 Å². The van der Waals surface area contributed by atoms with Crippen LogP contribution in [-0.4, -0.2) is 63.0 Å². The fourth-order valence-electron chi connectivity index (χ4n) is 6.72. The molecule has 0 unspecified atom stereocenters. The Hall–Kier alpha value is -4.66. The minimum Gasteiger partial charge on any atom is -0.493 e. The minimum absolute atomic E-state index is 0.0788. The summed E-state index contributed by atoms with van der Waals surface area (Å²) in [6, 6.07) is 19.1. The van der Waals surface area contributed by atoms with Gasteiger partial charge in [0.1, 0.15) is 42.6 Å². The number of carboxylic acid groups (broad SMARTS) is 1. The summed E-state index contributed by atoms with van der Waals surface area (Å²) in [4.78, 5) is 18.2. The van der Waals surface area contributed by atoms with E-state index in [-0.39, 0.29) is 19.3 Å². The Morgan fingerprint density at radius 3 is 2.44 bits per heavy atom. The molecule has 1 aliphatic rings. The molecule has 10 nitrogen and oxygen atoms in total. The van der Waals surface area contributed by atoms with Crippen molar-refractivity contribution in [3.63, 3.8) is 0 Å². The lowest BCUT2D eigenvalue weighted by Crippen LogP contribution is -2.44. The summed E-state index contributed by atoms with van der Waals surface area (Å²) in [5.41, 5.74) is 7.13. The first kappa shape index (κ1) is 40.5. The van der Waals surface area contributed by atoms with Gasteiger partial charge in [-0.05, 0) is 98.5 Å². The molecular formula is C43H51ClN4O6. The van der Waals surface area contributed by atoms with Crippen molar-refractivity contribution < 1.29 is 29.3 Å². The highest BCUT2D eigenvalue weighted by Crippen LogP contribution is 2.37. The van der Waals surface area contributed by atoms with E-state index in [4.69, 9.17) is 25.8 Å². The van der Waals surface area contributed by atoms with Gasteiger partial charge in [0.15, 0.2) is 0 Å². The summed E-state index contributed by atoms with van der Waals surface area (Å²) in [6.45, 7) is 12.8. The SMILES string of the molecule is Cc1c(COc2cc(OCc3cncc(C#N)c3)c(CN3CCCC[C@H]3C(=O)O)cc2Cl)cccc1-c1cccc(OCCCN(O)[C@H](C)C(C)C)c1C. The Morgan fingerprint density at radius 1 is 0.963 bits per heavy atom. The van der Waals surface area contributed by atoms with Crippen LogP contribution in [0.3, 0.4) is 0 Å². The number of hydroxylamine groups is 2. The number of halogens is 1. The van der Waals surface area contributed by atoms with Gasteiger partial charge in [-0.2, -0.15) is 10.3 Å². The van der Waals surface area contributed by atoms with E-state index in [2.05, 4.69) is 50.9 Å². The van der Waals surface area contributed by atoms with Crippen LogP contribution in [0.2, 0.25) is 5.02 Å². The Balaban J connectivity index is 1.33. The number of aromatic nitrogens is 1. The summed E-state index contributed by atoms with van der Waals surface area (Å²) in [6.07, 6.45) is 6.22. The van der Waals surface area contributed by atoms with Crippen LogP contribution in [0, 0.1) is 31.1 Å². The number of hydrogen-bond donors (Lipinski definition) is 2. The average Bonchev–Trinajstić information content (AvgIpc) is 3.16. The molecule has 0 radical (unpaired) electrons. The molecule has 286 valence electrons. The van der Waals surface area contributed by atoms with Crippen molar-refractivity contribution in [1.82, 2.24) is 14.9 Å². The van der Waals surface area contributed by atoms with Gasteiger partial charge in [-0.25, -0.2) is 0 Å². The lowest BCUT2D eigenvalue weighted by atomic mass is 9.93. The van der Waals surface area contributed by atoms with Crippen LogP contribution in [-0.2, 0) is 24.6 Å². The average molecular weight is 755 g/mol. The van der Waals surface area contributed by atoms with E-state index in [9.17, 15) is 20.4 Å². The third kappa shape index (κ3) is 10.3. The van der Waals surface area contributed by atoms with E-state index in [1.165, 1.54) is 11.3 Å². The number of carboxylic acids is 1. The van der Waals surface area contributed by atoms with Crippen LogP contribution < -0.4 is 14.2 Å². The number of ether oxygens (including phenoxy) is 3. The Labute approximate surface area is 323 Å². The number of hydrogen-bond acceptors (Lipinski definition) is 9. The second-order valence-corrected chi connectivity index (χ2v) is 14.8. The molecule has 1 fully saturated rings. The molecule has 0 aliphatic carbocycles. The van der Waals surface area contributed by atoms with Gasteiger partial charge in [0.05, 0.1) is 17.2 Å². The quantitative estimate of drug-likeness (QED) is 0.0796. The highest BCUT2D eigenvalue weighted by atomic mass is 35.5. The van der Waals surface area contributed by atoms with Crippen molar-refractivity contribution in [2.45, 2.75) is 92.1 Å². The summed E-state index contributed by atoms with van der Waals surface area (Å²) < 4.78 is 18.9. The molecule has 1 aliphatic heterocycles. The Morgan fingerprint density at radius 2 is 1.70 bits per heavy atom. The molecule has 11 heteroatoms. The first-order valence-corrected chi connectivity index (χ1v) is 19.0. The molecule has 4 aromatic rings. The van der Waals surface area contributed by atoms with Crippen molar-refractivity contribution in [3.8, 4) is 34.4 Å². The lowest BCUT2D eigenvalue weighted by molar-refractivity contribution is -0.144. The van der Waals surface area contributed by atoms with E-state index in [0.29, 0.717) is 67.1 Å². The van der Waals surface area contributed by atoms with Crippen LogP contribution in [0.4, 0.5) is 0 Å². The zero-order valence-electron chi connectivity index (χ0n) is 31.8. The van der Waals surface area contributed by atoms with Crippen LogP contribution >= 0.6 is 11.6 Å². The van der Waals surface area contributed by atoms with Gasteiger partial charge in [-0.15, -0.1) is 0 Å². The Kier molecular flexibility index (Phi) is 14.3. The zero-order valence-corrected chi connectivity index (χ0v) is 32.6. The van der Waals surface area contributed by atoms with E-state index in [1.807, 2.05) is 36.1 Å². The number of benzene rings is 3. The molecule has 1 saturated heterocycles. The first-order valence-electron chi connectivity index (χ1n) is 18.6. The molecule has 0 spiro atoms. The molecule has 5 rings (SSSR count). The predicted octanol–water partition coefficient (Wildman–Crippen LogP) is 8.99. The third-order valence-electron chi connectivity index (χ3n) is 10.3. The zero-order chi connectivity index (χ0) is 38.8. The van der Waals surface area contributed by atoms with E-state index >= 15 is 0 Å². The molecule has 3 aromatic carbocycles. The summed E-state index contributed by atoms with van der Waals surface area (Å²) in [5, 5.41) is 31.4.